The van der Waals surface area contributed by atoms with Gasteiger partial charge < -0.3 is 20.6 Å². The largest absolute Gasteiger partial charge is 0.506 e. The highest BCUT2D eigenvalue weighted by Gasteiger charge is 2.10. The van der Waals surface area contributed by atoms with Gasteiger partial charge in [0, 0.05) is 23.9 Å². The van der Waals surface area contributed by atoms with Crippen molar-refractivity contribution in [1.82, 2.24) is 10.3 Å². The lowest BCUT2D eigenvalue weighted by atomic mass is 10.1. The van der Waals surface area contributed by atoms with Gasteiger partial charge in [-0.05, 0) is 26.3 Å². The zero-order valence-electron chi connectivity index (χ0n) is 11.0. The third kappa shape index (κ3) is 3.94. The van der Waals surface area contributed by atoms with Crippen molar-refractivity contribution in [3.05, 3.63) is 23.0 Å². The number of rotatable bonds is 7. The van der Waals surface area contributed by atoms with Crippen LogP contribution in [0.3, 0.4) is 0 Å². The zero-order valence-corrected chi connectivity index (χ0v) is 11.0. The number of aromatic nitrogens is 1. The van der Waals surface area contributed by atoms with Crippen molar-refractivity contribution in [2.24, 2.45) is 0 Å². The molecule has 0 radical (unpaired) electrons. The maximum absolute atomic E-state index is 9.90. The third-order valence-corrected chi connectivity index (χ3v) is 3.03. The Morgan fingerprint density at radius 2 is 2.17 bits per heavy atom. The Morgan fingerprint density at radius 1 is 1.44 bits per heavy atom. The third-order valence-electron chi connectivity index (χ3n) is 3.03. The molecule has 0 spiro atoms. The van der Waals surface area contributed by atoms with E-state index in [4.69, 9.17) is 0 Å². The number of hydrogen-bond donors (Lipinski definition) is 4. The van der Waals surface area contributed by atoms with Crippen LogP contribution < -0.4 is 5.32 Å². The molecule has 18 heavy (non-hydrogen) atoms. The molecule has 0 bridgehead atoms. The Bertz CT molecular complexity index is 383. The molecule has 5 nitrogen and oxygen atoms in total. The first-order valence-electron chi connectivity index (χ1n) is 6.26. The van der Waals surface area contributed by atoms with Gasteiger partial charge in [0.25, 0.3) is 0 Å². The molecule has 0 fully saturated rings. The van der Waals surface area contributed by atoms with Crippen molar-refractivity contribution in [1.29, 1.82) is 0 Å². The first kappa shape index (κ1) is 14.9. The summed E-state index contributed by atoms with van der Waals surface area (Å²) in [5.41, 5.74) is 1.86. The number of hydrogen-bond acceptors (Lipinski definition) is 5. The zero-order chi connectivity index (χ0) is 13.5. The summed E-state index contributed by atoms with van der Waals surface area (Å²) in [7, 11) is 0. The molecule has 1 heterocycles. The van der Waals surface area contributed by atoms with Crippen LogP contribution in [0, 0.1) is 6.92 Å². The van der Waals surface area contributed by atoms with Crippen molar-refractivity contribution < 1.29 is 15.3 Å². The lowest BCUT2D eigenvalue weighted by Gasteiger charge is -2.13. The van der Waals surface area contributed by atoms with E-state index >= 15 is 0 Å². The second kappa shape index (κ2) is 7.31. The molecule has 0 aliphatic carbocycles. The number of nitrogens with one attached hydrogen (secondary N) is 1. The van der Waals surface area contributed by atoms with Gasteiger partial charge in [0.1, 0.15) is 5.75 Å². The van der Waals surface area contributed by atoms with E-state index in [2.05, 4.69) is 10.3 Å². The highest BCUT2D eigenvalue weighted by Crippen LogP contribution is 2.23. The van der Waals surface area contributed by atoms with Gasteiger partial charge in [0.05, 0.1) is 18.4 Å². The molecule has 1 aromatic rings. The molecule has 0 amide bonds. The van der Waals surface area contributed by atoms with Gasteiger partial charge in [-0.3, -0.25) is 4.98 Å². The molecule has 102 valence electrons. The first-order chi connectivity index (χ1) is 8.60. The van der Waals surface area contributed by atoms with Crippen LogP contribution in [0.25, 0.3) is 0 Å². The summed E-state index contributed by atoms with van der Waals surface area (Å²) in [5, 5.41) is 31.7. The van der Waals surface area contributed by atoms with Gasteiger partial charge in [0.15, 0.2) is 0 Å². The van der Waals surface area contributed by atoms with Gasteiger partial charge in [-0.25, -0.2) is 0 Å². The summed E-state index contributed by atoms with van der Waals surface area (Å²) in [6, 6.07) is 0. The standard InChI is InChI=1S/C13H22N2O3/c1-3-11(17)4-5-14-7-12-10(8-16)6-15-9(2)13(12)18/h6,11,14,16-18H,3-5,7-8H2,1-2H3. The second-order valence-corrected chi connectivity index (χ2v) is 4.38. The molecule has 1 aromatic heterocycles. The number of nitrogens with zero attached hydrogens (tertiary/aromatic N) is 1. The van der Waals surface area contributed by atoms with Crippen molar-refractivity contribution in [2.45, 2.75) is 45.9 Å². The second-order valence-electron chi connectivity index (χ2n) is 4.38. The normalized spacial score (nSPS) is 12.7. The summed E-state index contributed by atoms with van der Waals surface area (Å²) >= 11 is 0. The smallest absolute Gasteiger partial charge is 0.141 e. The van der Waals surface area contributed by atoms with Crippen LogP contribution >= 0.6 is 0 Å². The monoisotopic (exact) mass is 254 g/mol. The predicted octanol–water partition coefficient (Wildman–Crippen LogP) is 0.839. The van der Waals surface area contributed by atoms with Crippen molar-refractivity contribution in [2.75, 3.05) is 6.54 Å². The van der Waals surface area contributed by atoms with Gasteiger partial charge >= 0.3 is 0 Å². The molecule has 0 saturated carbocycles. The molecule has 0 saturated heterocycles. The molecule has 1 rings (SSSR count). The molecular weight excluding hydrogens is 232 g/mol. The minimum atomic E-state index is -0.289. The average Bonchev–Trinajstić information content (AvgIpc) is 2.38. The van der Waals surface area contributed by atoms with Gasteiger partial charge in [-0.15, -0.1) is 0 Å². The fourth-order valence-corrected chi connectivity index (χ4v) is 1.70. The van der Waals surface area contributed by atoms with E-state index in [-0.39, 0.29) is 18.5 Å². The predicted molar refractivity (Wildman–Crippen MR) is 69.2 cm³/mol. The Hall–Kier alpha value is -1.17. The van der Waals surface area contributed by atoms with Crippen LogP contribution in [0.4, 0.5) is 0 Å². The van der Waals surface area contributed by atoms with E-state index < -0.39 is 0 Å². The molecule has 5 heteroatoms. The molecule has 1 unspecified atom stereocenters. The number of aliphatic hydroxyl groups excluding tert-OH is 2. The Labute approximate surface area is 108 Å². The van der Waals surface area contributed by atoms with E-state index in [1.807, 2.05) is 6.92 Å². The minimum Gasteiger partial charge on any atom is -0.506 e. The fraction of sp³-hybridized carbons (Fsp3) is 0.615. The van der Waals surface area contributed by atoms with Gasteiger partial charge in [0.2, 0.25) is 0 Å². The SMILES string of the molecule is CCC(O)CCNCc1c(CO)cnc(C)c1O. The average molecular weight is 254 g/mol. The summed E-state index contributed by atoms with van der Waals surface area (Å²) in [6.45, 7) is 4.64. The van der Waals surface area contributed by atoms with Crippen molar-refractivity contribution >= 4 is 0 Å². The van der Waals surface area contributed by atoms with Crippen LogP contribution in [-0.4, -0.2) is 33.0 Å². The number of aliphatic hydroxyl groups is 2. The van der Waals surface area contributed by atoms with E-state index in [9.17, 15) is 15.3 Å². The van der Waals surface area contributed by atoms with Crippen LogP contribution in [0.5, 0.6) is 5.75 Å². The number of aryl methyl sites for hydroxylation is 1. The van der Waals surface area contributed by atoms with Crippen LogP contribution in [0.2, 0.25) is 0 Å². The van der Waals surface area contributed by atoms with Crippen LogP contribution in [0.1, 0.15) is 36.6 Å². The topological polar surface area (TPSA) is 85.6 Å². The van der Waals surface area contributed by atoms with Gasteiger partial charge in [-0.1, -0.05) is 6.92 Å². The highest BCUT2D eigenvalue weighted by molar-refractivity contribution is 5.40. The maximum Gasteiger partial charge on any atom is 0.141 e. The molecule has 0 aliphatic rings. The maximum atomic E-state index is 9.90. The molecular formula is C13H22N2O3. The van der Waals surface area contributed by atoms with E-state index in [1.165, 1.54) is 0 Å². The minimum absolute atomic E-state index is 0.130. The summed E-state index contributed by atoms with van der Waals surface area (Å²) in [5.74, 6) is 0.130. The van der Waals surface area contributed by atoms with E-state index in [0.717, 1.165) is 6.42 Å². The van der Waals surface area contributed by atoms with Crippen LogP contribution in [0.15, 0.2) is 6.20 Å². The Kier molecular flexibility index (Phi) is 6.04. The quantitative estimate of drug-likeness (QED) is 0.542. The summed E-state index contributed by atoms with van der Waals surface area (Å²) < 4.78 is 0. The van der Waals surface area contributed by atoms with E-state index in [0.29, 0.717) is 36.3 Å². The number of aromatic hydroxyl groups is 1. The highest BCUT2D eigenvalue weighted by atomic mass is 16.3. The Morgan fingerprint density at radius 3 is 2.78 bits per heavy atom. The molecule has 1 atom stereocenters. The molecule has 0 aromatic carbocycles. The number of pyridine rings is 1. The molecule has 0 aliphatic heterocycles. The fourth-order valence-electron chi connectivity index (χ4n) is 1.70. The van der Waals surface area contributed by atoms with Crippen LogP contribution in [-0.2, 0) is 13.2 Å². The van der Waals surface area contributed by atoms with Crippen molar-refractivity contribution in [3.8, 4) is 5.75 Å². The summed E-state index contributed by atoms with van der Waals surface area (Å²) in [6.07, 6.45) is 2.70. The Balaban J connectivity index is 2.58. The summed E-state index contributed by atoms with van der Waals surface area (Å²) in [4.78, 5) is 4.00. The first-order valence-corrected chi connectivity index (χ1v) is 6.26. The molecule has 4 N–H and O–H groups in total. The lowest BCUT2D eigenvalue weighted by molar-refractivity contribution is 0.159. The van der Waals surface area contributed by atoms with E-state index in [1.54, 1.807) is 13.1 Å². The van der Waals surface area contributed by atoms with Gasteiger partial charge in [-0.2, -0.15) is 0 Å². The van der Waals surface area contributed by atoms with Crippen molar-refractivity contribution in [3.63, 3.8) is 0 Å². The lowest BCUT2D eigenvalue weighted by Crippen LogP contribution is -2.20.